The van der Waals surface area contributed by atoms with Gasteiger partial charge >= 0.3 is 0 Å². The number of carbonyl (C=O) groups excluding carboxylic acids is 1. The highest BCUT2D eigenvalue weighted by Gasteiger charge is 2.18. The maximum Gasteiger partial charge on any atom is 0.242 e. The second-order valence-corrected chi connectivity index (χ2v) is 8.23. The zero-order valence-corrected chi connectivity index (χ0v) is 17.3. The Labute approximate surface area is 165 Å². The maximum atomic E-state index is 12.4. The number of carbonyl (C=O) groups is 1. The molecule has 0 spiro atoms. The molecule has 0 aliphatic rings. The van der Waals surface area contributed by atoms with Crippen molar-refractivity contribution in [3.63, 3.8) is 0 Å². The minimum Gasteiger partial charge on any atom is -0.493 e. The Kier molecular flexibility index (Phi) is 6.87. The van der Waals surface area contributed by atoms with E-state index in [9.17, 15) is 13.2 Å². The van der Waals surface area contributed by atoms with Gasteiger partial charge in [0.2, 0.25) is 21.7 Å². The molecular formula is C19H24N2O6S. The van der Waals surface area contributed by atoms with Gasteiger partial charge in [0.25, 0.3) is 0 Å². The number of benzene rings is 2. The van der Waals surface area contributed by atoms with E-state index >= 15 is 0 Å². The number of rotatable bonds is 8. The van der Waals surface area contributed by atoms with Crippen molar-refractivity contribution in [3.05, 3.63) is 42.0 Å². The van der Waals surface area contributed by atoms with E-state index in [1.165, 1.54) is 47.6 Å². The highest BCUT2D eigenvalue weighted by atomic mass is 32.2. The van der Waals surface area contributed by atoms with Crippen molar-refractivity contribution in [2.24, 2.45) is 0 Å². The van der Waals surface area contributed by atoms with E-state index in [1.54, 1.807) is 24.3 Å². The Morgan fingerprint density at radius 3 is 2.11 bits per heavy atom. The molecule has 0 fully saturated rings. The molecule has 0 radical (unpaired) electrons. The van der Waals surface area contributed by atoms with Crippen LogP contribution in [-0.4, -0.2) is 54.1 Å². The van der Waals surface area contributed by atoms with Gasteiger partial charge in [0.1, 0.15) is 0 Å². The Bertz CT molecular complexity index is 932. The number of hydrogen-bond acceptors (Lipinski definition) is 6. The van der Waals surface area contributed by atoms with E-state index < -0.39 is 10.0 Å². The molecule has 28 heavy (non-hydrogen) atoms. The first-order valence-electron chi connectivity index (χ1n) is 8.34. The lowest BCUT2D eigenvalue weighted by molar-refractivity contribution is -0.115. The van der Waals surface area contributed by atoms with Gasteiger partial charge in [0.05, 0.1) is 32.6 Å². The average Bonchev–Trinajstić information content (AvgIpc) is 2.66. The van der Waals surface area contributed by atoms with E-state index in [0.717, 1.165) is 4.31 Å². The quantitative estimate of drug-likeness (QED) is 0.719. The minimum absolute atomic E-state index is 0.0430. The molecule has 0 saturated carbocycles. The fourth-order valence-electron chi connectivity index (χ4n) is 2.57. The zero-order valence-electron chi connectivity index (χ0n) is 16.5. The number of hydrogen-bond donors (Lipinski definition) is 1. The first-order chi connectivity index (χ1) is 13.2. The van der Waals surface area contributed by atoms with Gasteiger partial charge in [-0.25, -0.2) is 12.7 Å². The molecule has 0 aromatic heterocycles. The van der Waals surface area contributed by atoms with Gasteiger partial charge < -0.3 is 19.5 Å². The molecule has 0 aliphatic heterocycles. The summed E-state index contributed by atoms with van der Waals surface area (Å²) in [6.07, 6.45) is 0.0430. The van der Waals surface area contributed by atoms with E-state index in [4.69, 9.17) is 14.2 Å². The molecule has 1 amide bonds. The van der Waals surface area contributed by atoms with Crippen molar-refractivity contribution in [1.82, 2.24) is 4.31 Å². The summed E-state index contributed by atoms with van der Waals surface area (Å²) in [5, 5.41) is 2.71. The van der Waals surface area contributed by atoms with Crippen LogP contribution in [0.3, 0.4) is 0 Å². The third-order valence-corrected chi connectivity index (χ3v) is 5.80. The predicted molar refractivity (Wildman–Crippen MR) is 106 cm³/mol. The number of anilines is 1. The largest absolute Gasteiger partial charge is 0.493 e. The molecule has 0 saturated heterocycles. The molecule has 9 heteroatoms. The second kappa shape index (κ2) is 8.94. The van der Waals surface area contributed by atoms with Crippen LogP contribution in [0.15, 0.2) is 41.3 Å². The molecule has 0 bridgehead atoms. The number of amides is 1. The predicted octanol–water partition coefficient (Wildman–Crippen LogP) is 2.14. The topological polar surface area (TPSA) is 94.2 Å². The first kappa shape index (κ1) is 21.5. The van der Waals surface area contributed by atoms with Gasteiger partial charge in [-0.3, -0.25) is 4.79 Å². The third kappa shape index (κ3) is 4.73. The highest BCUT2D eigenvalue weighted by molar-refractivity contribution is 7.89. The van der Waals surface area contributed by atoms with Gasteiger partial charge in [-0.15, -0.1) is 0 Å². The van der Waals surface area contributed by atoms with E-state index in [2.05, 4.69) is 5.32 Å². The van der Waals surface area contributed by atoms with E-state index in [0.29, 0.717) is 28.5 Å². The van der Waals surface area contributed by atoms with Crippen LogP contribution in [0.25, 0.3) is 0 Å². The van der Waals surface area contributed by atoms with Gasteiger partial charge in [0, 0.05) is 19.8 Å². The summed E-state index contributed by atoms with van der Waals surface area (Å²) in [7, 11) is 3.81. The van der Waals surface area contributed by atoms with Crippen molar-refractivity contribution < 1.29 is 27.4 Å². The molecule has 1 N–H and O–H groups in total. The van der Waals surface area contributed by atoms with Gasteiger partial charge in [0.15, 0.2) is 11.5 Å². The van der Waals surface area contributed by atoms with Crippen LogP contribution >= 0.6 is 0 Å². The standard InChI is InChI=1S/C19H24N2O6S/c1-21(2)28(23,24)15-8-6-7-14(12-15)20-18(22)11-13-9-16(25-3)19(27-5)17(10-13)26-4/h6-10,12H,11H2,1-5H3,(H,20,22). The lowest BCUT2D eigenvalue weighted by Gasteiger charge is -2.14. The molecule has 8 nitrogen and oxygen atoms in total. The Hall–Kier alpha value is -2.78. The molecule has 0 aliphatic carbocycles. The van der Waals surface area contributed by atoms with Gasteiger partial charge in [-0.1, -0.05) is 6.07 Å². The second-order valence-electron chi connectivity index (χ2n) is 6.07. The maximum absolute atomic E-state index is 12.4. The number of nitrogens with zero attached hydrogens (tertiary/aromatic N) is 1. The number of ether oxygens (including phenoxy) is 3. The van der Waals surface area contributed by atoms with Crippen molar-refractivity contribution in [3.8, 4) is 17.2 Å². The van der Waals surface area contributed by atoms with Crippen LogP contribution in [0.2, 0.25) is 0 Å². The highest BCUT2D eigenvalue weighted by Crippen LogP contribution is 2.38. The number of methoxy groups -OCH3 is 3. The molecule has 2 aromatic rings. The normalized spacial score (nSPS) is 11.2. The summed E-state index contributed by atoms with van der Waals surface area (Å²) >= 11 is 0. The molecule has 152 valence electrons. The third-order valence-electron chi connectivity index (χ3n) is 3.99. The first-order valence-corrected chi connectivity index (χ1v) is 9.78. The van der Waals surface area contributed by atoms with Crippen molar-refractivity contribution >= 4 is 21.6 Å². The lowest BCUT2D eigenvalue weighted by Crippen LogP contribution is -2.22. The molecule has 0 atom stereocenters. The molecule has 2 rings (SSSR count). The van der Waals surface area contributed by atoms with Crippen molar-refractivity contribution in [1.29, 1.82) is 0 Å². The van der Waals surface area contributed by atoms with Crippen LogP contribution in [0.5, 0.6) is 17.2 Å². The van der Waals surface area contributed by atoms with Crippen molar-refractivity contribution in [2.75, 3.05) is 40.7 Å². The fourth-order valence-corrected chi connectivity index (χ4v) is 3.52. The molecule has 0 unspecified atom stereocenters. The zero-order chi connectivity index (χ0) is 20.9. The van der Waals surface area contributed by atoms with Crippen LogP contribution < -0.4 is 19.5 Å². The van der Waals surface area contributed by atoms with Crippen molar-refractivity contribution in [2.45, 2.75) is 11.3 Å². The summed E-state index contributed by atoms with van der Waals surface area (Å²) in [6.45, 7) is 0. The summed E-state index contributed by atoms with van der Waals surface area (Å²) in [5.74, 6) is 1.02. The Morgan fingerprint density at radius 2 is 1.61 bits per heavy atom. The number of nitrogens with one attached hydrogen (secondary N) is 1. The summed E-state index contributed by atoms with van der Waals surface area (Å²) < 4.78 is 41.4. The summed E-state index contributed by atoms with van der Waals surface area (Å²) in [4.78, 5) is 12.5. The van der Waals surface area contributed by atoms with Crippen LogP contribution in [0.1, 0.15) is 5.56 Å². The number of sulfonamides is 1. The molecule has 0 heterocycles. The molecular weight excluding hydrogens is 384 g/mol. The summed E-state index contributed by atoms with van der Waals surface area (Å²) in [6, 6.07) is 9.47. The minimum atomic E-state index is -3.58. The van der Waals surface area contributed by atoms with Gasteiger partial charge in [-0.2, -0.15) is 0 Å². The molecule has 2 aromatic carbocycles. The average molecular weight is 408 g/mol. The van der Waals surface area contributed by atoms with Crippen LogP contribution in [0, 0.1) is 0 Å². The van der Waals surface area contributed by atoms with Gasteiger partial charge in [-0.05, 0) is 35.9 Å². The Balaban J connectivity index is 2.21. The van der Waals surface area contributed by atoms with Crippen LogP contribution in [-0.2, 0) is 21.2 Å². The SMILES string of the molecule is COc1cc(CC(=O)Nc2cccc(S(=O)(=O)N(C)C)c2)cc(OC)c1OC. The Morgan fingerprint density at radius 1 is 1.00 bits per heavy atom. The van der Waals surface area contributed by atoms with E-state index in [-0.39, 0.29) is 17.2 Å². The fraction of sp³-hybridized carbons (Fsp3) is 0.316. The smallest absolute Gasteiger partial charge is 0.242 e. The van der Waals surface area contributed by atoms with E-state index in [1.807, 2.05) is 0 Å². The van der Waals surface area contributed by atoms with Crippen LogP contribution in [0.4, 0.5) is 5.69 Å². The monoisotopic (exact) mass is 408 g/mol. The summed E-state index contributed by atoms with van der Waals surface area (Å²) in [5.41, 5.74) is 1.05. The lowest BCUT2D eigenvalue weighted by atomic mass is 10.1.